The fourth-order valence-corrected chi connectivity index (χ4v) is 2.42. The third kappa shape index (κ3) is 3.05. The molecule has 5 heteroatoms. The maximum absolute atomic E-state index is 9.22. The van der Waals surface area contributed by atoms with E-state index in [1.165, 1.54) is 4.88 Å². The number of aliphatic hydroxyl groups excluding tert-OH is 1. The van der Waals surface area contributed by atoms with Gasteiger partial charge in [0.25, 0.3) is 0 Å². The summed E-state index contributed by atoms with van der Waals surface area (Å²) in [5.74, 6) is 0.658. The first-order valence-corrected chi connectivity index (χ1v) is 6.68. The van der Waals surface area contributed by atoms with Crippen LogP contribution in [-0.2, 0) is 13.0 Å². The van der Waals surface area contributed by atoms with Gasteiger partial charge < -0.3 is 9.84 Å². The van der Waals surface area contributed by atoms with Crippen molar-refractivity contribution in [1.29, 1.82) is 0 Å². The zero-order valence-electron chi connectivity index (χ0n) is 10.5. The highest BCUT2D eigenvalue weighted by molar-refractivity contribution is 7.09. The minimum absolute atomic E-state index is 0.101. The zero-order chi connectivity index (χ0) is 13.0. The molecule has 0 bridgehead atoms. The minimum atomic E-state index is -0.101. The summed E-state index contributed by atoms with van der Waals surface area (Å²) in [4.78, 5) is 9.67. The van der Waals surface area contributed by atoms with Crippen molar-refractivity contribution < 1.29 is 9.84 Å². The molecule has 96 valence electrons. The Balaban J connectivity index is 1.96. The molecule has 1 N–H and O–H groups in total. The predicted octanol–water partition coefficient (Wildman–Crippen LogP) is 2.27. The van der Waals surface area contributed by atoms with Crippen LogP contribution >= 0.6 is 11.3 Å². The molecule has 0 saturated carbocycles. The summed E-state index contributed by atoms with van der Waals surface area (Å²) in [6.07, 6.45) is 0.829. The maximum atomic E-state index is 9.22. The molecule has 0 aromatic carbocycles. The zero-order valence-corrected chi connectivity index (χ0v) is 11.3. The van der Waals surface area contributed by atoms with Gasteiger partial charge >= 0.3 is 0 Å². The van der Waals surface area contributed by atoms with E-state index >= 15 is 0 Å². The average molecular weight is 264 g/mol. The predicted molar refractivity (Wildman–Crippen MR) is 70.9 cm³/mol. The Kier molecular flexibility index (Phi) is 4.28. The van der Waals surface area contributed by atoms with E-state index in [1.54, 1.807) is 11.3 Å². The number of hydrogen-bond donors (Lipinski definition) is 1. The molecule has 0 atom stereocenters. The van der Waals surface area contributed by atoms with Crippen molar-refractivity contribution >= 4 is 11.3 Å². The number of aryl methyl sites for hydroxylation is 2. The lowest BCUT2D eigenvalue weighted by Gasteiger charge is -2.09. The molecule has 0 aliphatic carbocycles. The van der Waals surface area contributed by atoms with Crippen molar-refractivity contribution in [3.63, 3.8) is 0 Å². The van der Waals surface area contributed by atoms with Crippen LogP contribution in [0.1, 0.15) is 22.0 Å². The van der Waals surface area contributed by atoms with Crippen molar-refractivity contribution in [2.45, 2.75) is 26.9 Å². The number of thiazole rings is 1. The average Bonchev–Trinajstić information content (AvgIpc) is 2.77. The van der Waals surface area contributed by atoms with Gasteiger partial charge in [0.1, 0.15) is 11.4 Å². The van der Waals surface area contributed by atoms with Gasteiger partial charge in [0, 0.05) is 17.0 Å². The van der Waals surface area contributed by atoms with Gasteiger partial charge in [-0.1, -0.05) is 0 Å². The highest BCUT2D eigenvalue weighted by Gasteiger charge is 2.06. The maximum Gasteiger partial charge on any atom is 0.143 e. The van der Waals surface area contributed by atoms with Crippen molar-refractivity contribution in [2.75, 3.05) is 6.61 Å². The molecule has 2 rings (SSSR count). The number of rotatable bonds is 5. The topological polar surface area (TPSA) is 55.2 Å². The van der Waals surface area contributed by atoms with E-state index in [4.69, 9.17) is 4.74 Å². The van der Waals surface area contributed by atoms with E-state index in [-0.39, 0.29) is 6.61 Å². The van der Waals surface area contributed by atoms with Gasteiger partial charge in [0.05, 0.1) is 24.4 Å². The second kappa shape index (κ2) is 5.93. The van der Waals surface area contributed by atoms with Crippen LogP contribution in [0.25, 0.3) is 0 Å². The molecule has 0 radical (unpaired) electrons. The normalized spacial score (nSPS) is 10.6. The van der Waals surface area contributed by atoms with E-state index in [2.05, 4.69) is 9.97 Å². The number of aromatic nitrogens is 2. The van der Waals surface area contributed by atoms with Gasteiger partial charge in [0.15, 0.2) is 0 Å². The molecule has 2 heterocycles. The Labute approximate surface area is 110 Å². The van der Waals surface area contributed by atoms with Crippen molar-refractivity contribution in [2.24, 2.45) is 0 Å². The monoisotopic (exact) mass is 264 g/mol. The van der Waals surface area contributed by atoms with E-state index in [0.29, 0.717) is 18.1 Å². The van der Waals surface area contributed by atoms with Gasteiger partial charge in [-0.05, 0) is 26.0 Å². The molecular formula is C13H16N2O2S. The van der Waals surface area contributed by atoms with E-state index < -0.39 is 0 Å². The highest BCUT2D eigenvalue weighted by Crippen LogP contribution is 2.18. The van der Waals surface area contributed by atoms with Gasteiger partial charge in [0.2, 0.25) is 0 Å². The van der Waals surface area contributed by atoms with E-state index in [1.807, 2.05) is 31.5 Å². The molecular weight excluding hydrogens is 248 g/mol. The number of hydrogen-bond acceptors (Lipinski definition) is 5. The minimum Gasteiger partial charge on any atom is -0.491 e. The first-order chi connectivity index (χ1) is 8.70. The lowest BCUT2D eigenvalue weighted by molar-refractivity contribution is 0.258. The first kappa shape index (κ1) is 13.0. The largest absolute Gasteiger partial charge is 0.491 e. The summed E-state index contributed by atoms with van der Waals surface area (Å²) < 4.78 is 5.67. The second-order valence-electron chi connectivity index (χ2n) is 4.01. The third-order valence-electron chi connectivity index (χ3n) is 2.65. The summed E-state index contributed by atoms with van der Waals surface area (Å²) in [7, 11) is 0. The van der Waals surface area contributed by atoms with Crippen molar-refractivity contribution in [3.05, 3.63) is 39.6 Å². The molecule has 2 aromatic heterocycles. The second-order valence-corrected chi connectivity index (χ2v) is 4.95. The van der Waals surface area contributed by atoms with Gasteiger partial charge in [-0.2, -0.15) is 0 Å². The van der Waals surface area contributed by atoms with Crippen LogP contribution in [0.3, 0.4) is 0 Å². The number of pyridine rings is 1. The van der Waals surface area contributed by atoms with Gasteiger partial charge in [-0.15, -0.1) is 11.3 Å². The molecule has 0 unspecified atom stereocenters. The van der Waals surface area contributed by atoms with Crippen LogP contribution in [0.4, 0.5) is 0 Å². The van der Waals surface area contributed by atoms with Crippen LogP contribution in [-0.4, -0.2) is 21.7 Å². The molecule has 0 aliphatic heterocycles. The molecule has 0 saturated heterocycles. The van der Waals surface area contributed by atoms with Gasteiger partial charge in [-0.3, -0.25) is 4.98 Å². The first-order valence-electron chi connectivity index (χ1n) is 5.80. The third-order valence-corrected chi connectivity index (χ3v) is 3.65. The van der Waals surface area contributed by atoms with E-state index in [9.17, 15) is 5.11 Å². The molecule has 0 amide bonds. The van der Waals surface area contributed by atoms with Crippen molar-refractivity contribution in [1.82, 2.24) is 9.97 Å². The smallest absolute Gasteiger partial charge is 0.143 e. The van der Waals surface area contributed by atoms with Crippen LogP contribution in [0.2, 0.25) is 0 Å². The number of ether oxygens (including phenoxy) is 1. The van der Waals surface area contributed by atoms with Crippen LogP contribution in [0.15, 0.2) is 17.6 Å². The quantitative estimate of drug-likeness (QED) is 0.900. The summed E-state index contributed by atoms with van der Waals surface area (Å²) in [6, 6.07) is 3.74. The highest BCUT2D eigenvalue weighted by atomic mass is 32.1. The molecule has 0 fully saturated rings. The Hall–Kier alpha value is -1.46. The SMILES string of the molecule is Cc1ccc(OCCc2scnc2C)c(CO)n1. The fraction of sp³-hybridized carbons (Fsp3) is 0.385. The Morgan fingerprint density at radius 2 is 2.17 bits per heavy atom. The molecule has 4 nitrogen and oxygen atoms in total. The molecule has 18 heavy (non-hydrogen) atoms. The summed E-state index contributed by atoms with van der Waals surface area (Å²) in [6.45, 7) is 4.36. The summed E-state index contributed by atoms with van der Waals surface area (Å²) in [5.41, 5.74) is 4.38. The fourth-order valence-electron chi connectivity index (χ4n) is 1.66. The molecule has 0 spiro atoms. The Morgan fingerprint density at radius 1 is 1.33 bits per heavy atom. The van der Waals surface area contributed by atoms with Gasteiger partial charge in [-0.25, -0.2) is 4.98 Å². The van der Waals surface area contributed by atoms with Crippen LogP contribution < -0.4 is 4.74 Å². The standard InChI is InChI=1S/C13H16N2O2S/c1-9-3-4-12(11(7-16)15-9)17-6-5-13-10(2)14-8-18-13/h3-4,8,16H,5-7H2,1-2H3. The van der Waals surface area contributed by atoms with Crippen molar-refractivity contribution in [3.8, 4) is 5.75 Å². The van der Waals surface area contributed by atoms with Crippen LogP contribution in [0.5, 0.6) is 5.75 Å². The summed E-state index contributed by atoms with van der Waals surface area (Å²) >= 11 is 1.64. The molecule has 2 aromatic rings. The Morgan fingerprint density at radius 3 is 2.83 bits per heavy atom. The van der Waals surface area contributed by atoms with Crippen LogP contribution in [0, 0.1) is 13.8 Å². The lowest BCUT2D eigenvalue weighted by Crippen LogP contribution is -2.05. The number of nitrogens with zero attached hydrogens (tertiary/aromatic N) is 2. The Bertz CT molecular complexity index is 525. The number of aliphatic hydroxyl groups is 1. The summed E-state index contributed by atoms with van der Waals surface area (Å²) in [5, 5.41) is 9.22. The molecule has 0 aliphatic rings. The lowest BCUT2D eigenvalue weighted by atomic mass is 10.3. The van der Waals surface area contributed by atoms with E-state index in [0.717, 1.165) is 17.8 Å².